The molecule has 30 heavy (non-hydrogen) atoms. The van der Waals surface area contributed by atoms with Crippen LogP contribution < -0.4 is 9.62 Å². The van der Waals surface area contributed by atoms with Gasteiger partial charge in [0.2, 0.25) is 5.91 Å². The van der Waals surface area contributed by atoms with Crippen molar-refractivity contribution >= 4 is 21.6 Å². The van der Waals surface area contributed by atoms with Gasteiger partial charge in [0, 0.05) is 6.04 Å². The highest BCUT2D eigenvalue weighted by molar-refractivity contribution is 7.92. The SMILES string of the molecule is CCc1ccccc1N(CC(=O)N[C@@H]1C[C@@H]2CC[C@@H]1C2)S(=O)(=O)c1ccc(C)cc1. The standard InChI is InChI=1S/C24H30N2O3S/c1-3-19-6-4-5-7-23(19)26(30(28,29)21-12-8-17(2)9-13-21)16-24(27)25-22-15-18-10-11-20(22)14-18/h4-9,12-13,18,20,22H,3,10-11,14-16H2,1-2H3,(H,25,27)/t18-,20-,22-/m1/s1. The van der Waals surface area contributed by atoms with Gasteiger partial charge in [-0.1, -0.05) is 49.2 Å². The van der Waals surface area contributed by atoms with Crippen LogP contribution in [0.5, 0.6) is 0 Å². The van der Waals surface area contributed by atoms with Crippen LogP contribution in [0.15, 0.2) is 53.4 Å². The van der Waals surface area contributed by atoms with Crippen molar-refractivity contribution in [3.8, 4) is 0 Å². The Bertz CT molecular complexity index is 1020. The number of amides is 1. The molecule has 6 heteroatoms. The normalized spacial score (nSPS) is 22.8. The van der Waals surface area contributed by atoms with Crippen LogP contribution in [0.3, 0.4) is 0 Å². The van der Waals surface area contributed by atoms with E-state index in [4.69, 9.17) is 0 Å². The molecule has 1 amide bonds. The first-order valence-corrected chi connectivity index (χ1v) is 12.3. The van der Waals surface area contributed by atoms with Crippen LogP contribution >= 0.6 is 0 Å². The van der Waals surface area contributed by atoms with Gasteiger partial charge in [-0.3, -0.25) is 9.10 Å². The number of anilines is 1. The quantitative estimate of drug-likeness (QED) is 0.726. The Balaban J connectivity index is 1.63. The van der Waals surface area contributed by atoms with E-state index in [1.54, 1.807) is 30.3 Å². The Morgan fingerprint density at radius 1 is 1.07 bits per heavy atom. The Morgan fingerprint density at radius 3 is 2.43 bits per heavy atom. The van der Waals surface area contributed by atoms with E-state index in [2.05, 4.69) is 5.32 Å². The molecule has 1 N–H and O–H groups in total. The number of nitrogens with zero attached hydrogens (tertiary/aromatic N) is 1. The Hall–Kier alpha value is -2.34. The van der Waals surface area contributed by atoms with Gasteiger partial charge in [-0.2, -0.15) is 0 Å². The second-order valence-corrected chi connectivity index (χ2v) is 10.5. The molecule has 0 radical (unpaired) electrons. The summed E-state index contributed by atoms with van der Waals surface area (Å²) in [4.78, 5) is 13.2. The molecule has 0 aromatic heterocycles. The van der Waals surface area contributed by atoms with Gasteiger partial charge in [0.05, 0.1) is 10.6 Å². The average molecular weight is 427 g/mol. The zero-order valence-corrected chi connectivity index (χ0v) is 18.5. The van der Waals surface area contributed by atoms with Gasteiger partial charge in [0.25, 0.3) is 10.0 Å². The van der Waals surface area contributed by atoms with Crippen LogP contribution in [0.1, 0.15) is 43.7 Å². The fourth-order valence-electron chi connectivity index (χ4n) is 4.99. The molecule has 2 saturated carbocycles. The Morgan fingerprint density at radius 2 is 1.80 bits per heavy atom. The zero-order valence-electron chi connectivity index (χ0n) is 17.7. The predicted molar refractivity (Wildman–Crippen MR) is 119 cm³/mol. The van der Waals surface area contributed by atoms with Crippen LogP contribution in [-0.2, 0) is 21.2 Å². The van der Waals surface area contributed by atoms with E-state index in [1.807, 2.05) is 32.0 Å². The molecule has 160 valence electrons. The Labute approximate surface area is 179 Å². The number of nitrogens with one attached hydrogen (secondary N) is 1. The number of benzene rings is 2. The largest absolute Gasteiger partial charge is 0.352 e. The summed E-state index contributed by atoms with van der Waals surface area (Å²) in [5.41, 5.74) is 2.47. The lowest BCUT2D eigenvalue weighted by molar-refractivity contribution is -0.120. The number of hydrogen-bond acceptors (Lipinski definition) is 3. The average Bonchev–Trinajstić information content (AvgIpc) is 3.35. The number of aryl methyl sites for hydroxylation is 2. The summed E-state index contributed by atoms with van der Waals surface area (Å²) in [6.45, 7) is 3.70. The van der Waals surface area contributed by atoms with Crippen molar-refractivity contribution in [1.29, 1.82) is 0 Å². The number of fused-ring (bicyclic) bond motifs is 2. The molecule has 0 heterocycles. The molecule has 0 spiro atoms. The summed E-state index contributed by atoms with van der Waals surface area (Å²) in [5, 5.41) is 3.14. The van der Waals surface area contributed by atoms with Crippen molar-refractivity contribution in [2.24, 2.45) is 11.8 Å². The fourth-order valence-corrected chi connectivity index (χ4v) is 6.45. The molecular weight excluding hydrogens is 396 g/mol. The van der Waals surface area contributed by atoms with Gasteiger partial charge in [0.15, 0.2) is 0 Å². The molecule has 0 saturated heterocycles. The topological polar surface area (TPSA) is 66.5 Å². The van der Waals surface area contributed by atoms with E-state index in [-0.39, 0.29) is 23.4 Å². The summed E-state index contributed by atoms with van der Waals surface area (Å²) < 4.78 is 28.4. The van der Waals surface area contributed by atoms with E-state index in [0.717, 1.165) is 17.5 Å². The number of carbonyl (C=O) groups is 1. The van der Waals surface area contributed by atoms with Gasteiger partial charge in [-0.25, -0.2) is 8.42 Å². The van der Waals surface area contributed by atoms with Crippen molar-refractivity contribution in [2.45, 2.75) is 56.9 Å². The minimum Gasteiger partial charge on any atom is -0.352 e. The highest BCUT2D eigenvalue weighted by Gasteiger charge is 2.40. The first-order valence-electron chi connectivity index (χ1n) is 10.8. The predicted octanol–water partition coefficient (Wildman–Crippen LogP) is 4.06. The van der Waals surface area contributed by atoms with E-state index in [1.165, 1.54) is 23.6 Å². The molecule has 2 aliphatic rings. The van der Waals surface area contributed by atoms with Gasteiger partial charge < -0.3 is 5.32 Å². The lowest BCUT2D eigenvalue weighted by Gasteiger charge is -2.28. The number of carbonyl (C=O) groups excluding carboxylic acids is 1. The molecule has 2 fully saturated rings. The summed E-state index contributed by atoms with van der Waals surface area (Å²) in [6.07, 6.45) is 5.32. The summed E-state index contributed by atoms with van der Waals surface area (Å²) >= 11 is 0. The smallest absolute Gasteiger partial charge is 0.264 e. The van der Waals surface area contributed by atoms with E-state index >= 15 is 0 Å². The lowest BCUT2D eigenvalue weighted by atomic mass is 9.95. The van der Waals surface area contributed by atoms with Gasteiger partial charge >= 0.3 is 0 Å². The van der Waals surface area contributed by atoms with Crippen LogP contribution in [0, 0.1) is 18.8 Å². The maximum absolute atomic E-state index is 13.6. The number of sulfonamides is 1. The van der Waals surface area contributed by atoms with Crippen molar-refractivity contribution in [3.63, 3.8) is 0 Å². The fraction of sp³-hybridized carbons (Fsp3) is 0.458. The van der Waals surface area contributed by atoms with Crippen molar-refractivity contribution in [1.82, 2.24) is 5.32 Å². The van der Waals surface area contributed by atoms with Crippen LogP contribution in [0.2, 0.25) is 0 Å². The second kappa shape index (κ2) is 8.42. The van der Waals surface area contributed by atoms with Crippen molar-refractivity contribution in [3.05, 3.63) is 59.7 Å². The Kier molecular flexibility index (Phi) is 5.87. The maximum atomic E-state index is 13.6. The molecule has 4 rings (SSSR count). The third-order valence-corrected chi connectivity index (χ3v) is 8.40. The molecule has 0 aliphatic heterocycles. The summed E-state index contributed by atoms with van der Waals surface area (Å²) in [7, 11) is -3.87. The summed E-state index contributed by atoms with van der Waals surface area (Å²) in [6, 6.07) is 14.4. The molecule has 5 nitrogen and oxygen atoms in total. The van der Waals surface area contributed by atoms with Crippen LogP contribution in [0.25, 0.3) is 0 Å². The highest BCUT2D eigenvalue weighted by Crippen LogP contribution is 2.44. The first-order chi connectivity index (χ1) is 14.4. The molecule has 3 atom stereocenters. The second-order valence-electron chi connectivity index (χ2n) is 8.66. The van der Waals surface area contributed by atoms with E-state index in [9.17, 15) is 13.2 Å². The monoisotopic (exact) mass is 426 g/mol. The molecular formula is C24H30N2O3S. The van der Waals surface area contributed by atoms with Crippen molar-refractivity contribution in [2.75, 3.05) is 10.8 Å². The van der Waals surface area contributed by atoms with E-state index < -0.39 is 10.0 Å². The number of rotatable bonds is 7. The molecule has 2 aromatic carbocycles. The lowest BCUT2D eigenvalue weighted by Crippen LogP contribution is -2.46. The third-order valence-electron chi connectivity index (χ3n) is 6.62. The molecule has 2 bridgehead atoms. The molecule has 0 unspecified atom stereocenters. The van der Waals surface area contributed by atoms with E-state index in [0.29, 0.717) is 23.9 Å². The third kappa shape index (κ3) is 4.10. The van der Waals surface area contributed by atoms with Gasteiger partial charge in [-0.05, 0) is 68.2 Å². The first kappa shape index (κ1) is 20.9. The minimum atomic E-state index is -3.87. The minimum absolute atomic E-state index is 0.182. The molecule has 2 aliphatic carbocycles. The van der Waals surface area contributed by atoms with Crippen LogP contribution in [-0.4, -0.2) is 26.9 Å². The zero-order chi connectivity index (χ0) is 21.3. The van der Waals surface area contributed by atoms with Gasteiger partial charge in [-0.15, -0.1) is 0 Å². The summed E-state index contributed by atoms with van der Waals surface area (Å²) in [5.74, 6) is 1.03. The molecule has 2 aromatic rings. The maximum Gasteiger partial charge on any atom is 0.264 e. The van der Waals surface area contributed by atoms with Crippen molar-refractivity contribution < 1.29 is 13.2 Å². The van der Waals surface area contributed by atoms with Gasteiger partial charge in [0.1, 0.15) is 6.54 Å². The van der Waals surface area contributed by atoms with Crippen LogP contribution in [0.4, 0.5) is 5.69 Å². The number of hydrogen-bond donors (Lipinski definition) is 1. The highest BCUT2D eigenvalue weighted by atomic mass is 32.2. The number of para-hydroxylation sites is 1.